The molecule has 26 heavy (non-hydrogen) atoms. The number of anilines is 1. The number of sulfonamides is 1. The summed E-state index contributed by atoms with van der Waals surface area (Å²) >= 11 is 6.15. The van der Waals surface area contributed by atoms with Gasteiger partial charge < -0.3 is 9.80 Å². The Bertz CT molecular complexity index is 897. The number of rotatable bonds is 4. The van der Waals surface area contributed by atoms with Crippen LogP contribution in [0.2, 0.25) is 5.02 Å². The zero-order chi connectivity index (χ0) is 18.7. The molecule has 0 atom stereocenters. The topological polar surface area (TPSA) is 83.9 Å². The van der Waals surface area contributed by atoms with Gasteiger partial charge in [-0.2, -0.15) is 0 Å². The van der Waals surface area contributed by atoms with Crippen molar-refractivity contribution >= 4 is 33.2 Å². The molecule has 1 fully saturated rings. The number of amides is 1. The van der Waals surface area contributed by atoms with Crippen LogP contribution < -0.4 is 14.6 Å². The van der Waals surface area contributed by atoms with E-state index in [1.54, 1.807) is 4.90 Å². The van der Waals surface area contributed by atoms with E-state index < -0.39 is 10.0 Å². The second-order valence-corrected chi connectivity index (χ2v) is 8.18. The fraction of sp³-hybridized carbons (Fsp3) is 0.294. The molecular weight excluding hydrogens is 376 g/mol. The van der Waals surface area contributed by atoms with Crippen molar-refractivity contribution in [2.24, 2.45) is 0 Å². The minimum absolute atomic E-state index is 0.0203. The van der Waals surface area contributed by atoms with Crippen LogP contribution in [-0.2, 0) is 10.0 Å². The number of aromatic amines is 1. The van der Waals surface area contributed by atoms with Gasteiger partial charge in [-0.05, 0) is 25.2 Å². The number of hydrogen-bond acceptors (Lipinski definition) is 4. The van der Waals surface area contributed by atoms with Crippen molar-refractivity contribution in [2.75, 3.05) is 38.1 Å². The molecule has 1 amide bonds. The summed E-state index contributed by atoms with van der Waals surface area (Å²) in [4.78, 5) is 19.7. The average Bonchev–Trinajstić information content (AvgIpc) is 2.68. The van der Waals surface area contributed by atoms with Crippen LogP contribution >= 0.6 is 11.6 Å². The van der Waals surface area contributed by atoms with Gasteiger partial charge in [0.1, 0.15) is 0 Å². The lowest BCUT2D eigenvalue weighted by Crippen LogP contribution is -2.49. The number of H-pyrrole nitrogens is 1. The third kappa shape index (κ3) is 3.82. The zero-order valence-corrected chi connectivity index (χ0v) is 15.8. The van der Waals surface area contributed by atoms with Gasteiger partial charge in [-0.25, -0.2) is 18.1 Å². The Morgan fingerprint density at radius 2 is 1.77 bits per heavy atom. The van der Waals surface area contributed by atoms with E-state index in [4.69, 9.17) is 11.6 Å². The molecule has 1 aromatic heterocycles. The molecular formula is C17H20ClN4O3S+. The first-order chi connectivity index (χ1) is 12.4. The van der Waals surface area contributed by atoms with Crippen molar-refractivity contribution < 1.29 is 18.2 Å². The second-order valence-electron chi connectivity index (χ2n) is 5.89. The van der Waals surface area contributed by atoms with Gasteiger partial charge in [0.05, 0.1) is 15.5 Å². The lowest BCUT2D eigenvalue weighted by molar-refractivity contribution is -0.377. The first-order valence-electron chi connectivity index (χ1n) is 8.16. The van der Waals surface area contributed by atoms with Crippen molar-refractivity contribution in [3.05, 3.63) is 53.3 Å². The molecule has 0 bridgehead atoms. The van der Waals surface area contributed by atoms with Crippen molar-refractivity contribution in [3.63, 3.8) is 0 Å². The normalized spacial score (nSPS) is 15.2. The number of piperazine rings is 1. The first kappa shape index (κ1) is 18.6. The number of nitrogens with zero attached hydrogens (tertiary/aromatic N) is 2. The molecule has 1 aromatic carbocycles. The number of nitrogens with one attached hydrogen (secondary N) is 2. The molecule has 138 valence electrons. The Labute approximate surface area is 157 Å². The summed E-state index contributed by atoms with van der Waals surface area (Å²) in [5, 5.41) is 0.242. The van der Waals surface area contributed by atoms with E-state index in [1.165, 1.54) is 25.2 Å². The van der Waals surface area contributed by atoms with Crippen molar-refractivity contribution in [1.82, 2.24) is 9.62 Å². The monoisotopic (exact) mass is 395 g/mol. The summed E-state index contributed by atoms with van der Waals surface area (Å²) in [5.74, 6) is -0.260. The van der Waals surface area contributed by atoms with Gasteiger partial charge in [0.15, 0.2) is 12.4 Å². The Balaban J connectivity index is 1.76. The molecule has 1 saturated heterocycles. The van der Waals surface area contributed by atoms with Gasteiger partial charge in [-0.1, -0.05) is 11.6 Å². The summed E-state index contributed by atoms with van der Waals surface area (Å²) in [6.45, 7) is 2.47. The molecule has 0 saturated carbocycles. The molecule has 1 aliphatic rings. The molecule has 0 spiro atoms. The van der Waals surface area contributed by atoms with Crippen molar-refractivity contribution in [1.29, 1.82) is 0 Å². The van der Waals surface area contributed by atoms with Gasteiger partial charge in [0.25, 0.3) is 5.91 Å². The molecule has 0 radical (unpaired) electrons. The maximum absolute atomic E-state index is 12.8. The van der Waals surface area contributed by atoms with E-state index in [1.807, 2.05) is 24.5 Å². The smallest absolute Gasteiger partial charge is 0.255 e. The third-order valence-electron chi connectivity index (χ3n) is 4.38. The highest BCUT2D eigenvalue weighted by Gasteiger charge is 2.25. The molecule has 0 unspecified atom stereocenters. The summed E-state index contributed by atoms with van der Waals surface area (Å²) < 4.78 is 26.2. The van der Waals surface area contributed by atoms with E-state index in [0.29, 0.717) is 26.2 Å². The number of carbonyl (C=O) groups excluding carboxylic acids is 1. The van der Waals surface area contributed by atoms with Crippen LogP contribution in [0.1, 0.15) is 10.4 Å². The van der Waals surface area contributed by atoms with Crippen LogP contribution in [0.25, 0.3) is 0 Å². The molecule has 2 N–H and O–H groups in total. The van der Waals surface area contributed by atoms with Crippen LogP contribution in [-0.4, -0.2) is 52.5 Å². The summed E-state index contributed by atoms with van der Waals surface area (Å²) in [5.41, 5.74) is 1.29. The van der Waals surface area contributed by atoms with Crippen LogP contribution in [0.4, 0.5) is 5.69 Å². The van der Waals surface area contributed by atoms with Crippen LogP contribution in [0.3, 0.4) is 0 Å². The first-order valence-corrected chi connectivity index (χ1v) is 10.0. The molecule has 3 rings (SSSR count). The lowest BCUT2D eigenvalue weighted by Gasteiger charge is -2.36. The third-order valence-corrected chi connectivity index (χ3v) is 6.12. The maximum Gasteiger partial charge on any atom is 0.255 e. The van der Waals surface area contributed by atoms with Crippen LogP contribution in [0, 0.1) is 0 Å². The number of aromatic nitrogens is 1. The molecule has 2 aromatic rings. The number of halogens is 1. The molecule has 2 heterocycles. The Kier molecular flexibility index (Phi) is 5.45. The quantitative estimate of drug-likeness (QED) is 0.837. The predicted molar refractivity (Wildman–Crippen MR) is 98.8 cm³/mol. The summed E-state index contributed by atoms with van der Waals surface area (Å²) in [7, 11) is -2.31. The molecule has 0 aliphatic carbocycles. The second kappa shape index (κ2) is 7.61. The highest BCUT2D eigenvalue weighted by Crippen LogP contribution is 2.23. The zero-order valence-electron chi connectivity index (χ0n) is 14.3. The van der Waals surface area contributed by atoms with Crippen LogP contribution in [0.15, 0.2) is 47.6 Å². The minimum atomic E-state index is -3.64. The SMILES string of the molecule is CNS(=O)(=O)c1ccc(Cl)c(C(=O)N2CCN(c3cc[nH+]cc3)CC2)c1. The standard InChI is InChI=1S/C17H19ClN4O3S/c1-19-26(24,25)14-2-3-16(18)15(12-14)17(23)22-10-8-21(9-11-22)13-4-6-20-7-5-13/h2-7,12,19H,8-11H2,1H3/p+1. The van der Waals surface area contributed by atoms with Gasteiger partial charge in [-0.3, -0.25) is 4.79 Å². The predicted octanol–water partition coefficient (Wildman–Crippen LogP) is 1.02. The van der Waals surface area contributed by atoms with Crippen LogP contribution in [0.5, 0.6) is 0 Å². The van der Waals surface area contributed by atoms with E-state index in [0.717, 1.165) is 5.69 Å². The van der Waals surface area contributed by atoms with Gasteiger partial charge in [0, 0.05) is 44.0 Å². The number of pyridine rings is 1. The fourth-order valence-corrected chi connectivity index (χ4v) is 3.83. The molecule has 9 heteroatoms. The van der Waals surface area contributed by atoms with E-state index in [-0.39, 0.29) is 21.4 Å². The molecule has 1 aliphatic heterocycles. The van der Waals surface area contributed by atoms with E-state index >= 15 is 0 Å². The number of benzene rings is 1. The Morgan fingerprint density at radius 1 is 1.12 bits per heavy atom. The summed E-state index contributed by atoms with van der Waals surface area (Å²) in [6, 6.07) is 8.13. The highest BCUT2D eigenvalue weighted by molar-refractivity contribution is 7.89. The Hall–Kier alpha value is -2.16. The fourth-order valence-electron chi connectivity index (χ4n) is 2.88. The minimum Gasteiger partial charge on any atom is -0.368 e. The van der Waals surface area contributed by atoms with Gasteiger partial charge in [0.2, 0.25) is 10.0 Å². The lowest BCUT2D eigenvalue weighted by atomic mass is 10.1. The molecule has 7 nitrogen and oxygen atoms in total. The van der Waals surface area contributed by atoms with E-state index in [9.17, 15) is 13.2 Å². The van der Waals surface area contributed by atoms with Crippen molar-refractivity contribution in [3.8, 4) is 0 Å². The largest absolute Gasteiger partial charge is 0.368 e. The Morgan fingerprint density at radius 3 is 2.38 bits per heavy atom. The summed E-state index contributed by atoms with van der Waals surface area (Å²) in [6.07, 6.45) is 3.72. The van der Waals surface area contributed by atoms with E-state index in [2.05, 4.69) is 14.6 Å². The van der Waals surface area contributed by atoms with Gasteiger partial charge >= 0.3 is 0 Å². The van der Waals surface area contributed by atoms with Crippen molar-refractivity contribution in [2.45, 2.75) is 4.90 Å². The maximum atomic E-state index is 12.8. The van der Waals surface area contributed by atoms with Gasteiger partial charge in [-0.15, -0.1) is 0 Å². The average molecular weight is 396 g/mol. The highest BCUT2D eigenvalue weighted by atomic mass is 35.5. The number of carbonyl (C=O) groups is 1. The number of hydrogen-bond donors (Lipinski definition) is 1.